The monoisotopic (exact) mass is 728 g/mol. The van der Waals surface area contributed by atoms with Crippen molar-refractivity contribution in [2.24, 2.45) is 0 Å². The van der Waals surface area contributed by atoms with Gasteiger partial charge in [-0.3, -0.25) is 0 Å². The first-order chi connectivity index (χ1) is 27.5. The molecule has 0 radical (unpaired) electrons. The van der Waals surface area contributed by atoms with E-state index in [1.807, 2.05) is 11.3 Å². The summed E-state index contributed by atoms with van der Waals surface area (Å²) in [4.78, 5) is 0. The highest BCUT2D eigenvalue weighted by Crippen LogP contribution is 2.53. The third-order valence-electron chi connectivity index (χ3n) is 12.7. The zero-order valence-corrected chi connectivity index (χ0v) is 32.0. The van der Waals surface area contributed by atoms with Gasteiger partial charge in [-0.15, -0.1) is 11.3 Å². The van der Waals surface area contributed by atoms with Crippen LogP contribution in [-0.4, -0.2) is 0 Å². The number of benzene rings is 10. The minimum Gasteiger partial charge on any atom is -0.135 e. The summed E-state index contributed by atoms with van der Waals surface area (Å²) in [5.41, 5.74) is 13.1. The molecule has 0 aliphatic heterocycles. The third kappa shape index (κ3) is 4.47. The van der Waals surface area contributed by atoms with E-state index >= 15 is 0 Å². The summed E-state index contributed by atoms with van der Waals surface area (Å²) < 4.78 is 2.73. The highest BCUT2D eigenvalue weighted by Gasteiger charge is 2.36. The van der Waals surface area contributed by atoms with E-state index in [1.165, 1.54) is 119 Å². The molecule has 1 aliphatic carbocycles. The standard InChI is InChI=1S/C55H36S/c1-55(2)48-30-37(26-28-40(48)46-32-51-47(31-49(46)55)54-39-16-6-4-13-35(39)27-29-50(54)56-51)33-22-24-36(25-23-33)52-42-17-7-9-19-44(42)53(45-20-10-8-18-43(45)52)41-21-11-14-34-12-3-5-15-38(34)41/h3-32H,1-2H3. The lowest BCUT2D eigenvalue weighted by atomic mass is 9.81. The zero-order valence-electron chi connectivity index (χ0n) is 31.2. The van der Waals surface area contributed by atoms with Crippen molar-refractivity contribution >= 4 is 74.6 Å². The largest absolute Gasteiger partial charge is 0.135 e. The lowest BCUT2D eigenvalue weighted by molar-refractivity contribution is 0.661. The number of rotatable bonds is 3. The van der Waals surface area contributed by atoms with Crippen molar-refractivity contribution in [2.45, 2.75) is 19.3 Å². The molecule has 0 saturated heterocycles. The summed E-state index contributed by atoms with van der Waals surface area (Å²) in [5, 5.41) is 13.1. The smallest absolute Gasteiger partial charge is 0.0362 e. The SMILES string of the molecule is CC1(C)c2cc(-c3ccc(-c4c5ccccc5c(-c5cccc6ccccc56)c5ccccc45)cc3)ccc2-c2cc3sc4ccc5ccccc5c4c3cc21. The van der Waals surface area contributed by atoms with Crippen molar-refractivity contribution < 1.29 is 0 Å². The van der Waals surface area contributed by atoms with Gasteiger partial charge in [-0.1, -0.05) is 172 Å². The molecule has 12 rings (SSSR count). The average Bonchev–Trinajstić information content (AvgIpc) is 3.73. The molecule has 0 unspecified atom stereocenters. The van der Waals surface area contributed by atoms with E-state index in [0.29, 0.717) is 0 Å². The van der Waals surface area contributed by atoms with Gasteiger partial charge < -0.3 is 0 Å². The van der Waals surface area contributed by atoms with E-state index in [9.17, 15) is 0 Å². The Kier molecular flexibility index (Phi) is 6.66. The van der Waals surface area contributed by atoms with Gasteiger partial charge in [-0.05, 0) is 123 Å². The molecule has 56 heavy (non-hydrogen) atoms. The van der Waals surface area contributed by atoms with Gasteiger partial charge in [0, 0.05) is 25.6 Å². The van der Waals surface area contributed by atoms with Crippen molar-refractivity contribution in [1.29, 1.82) is 0 Å². The first kappa shape index (κ1) is 31.8. The van der Waals surface area contributed by atoms with Gasteiger partial charge in [0.2, 0.25) is 0 Å². The molecule has 11 aromatic rings. The summed E-state index contributed by atoms with van der Waals surface area (Å²) in [6.45, 7) is 4.81. The zero-order chi connectivity index (χ0) is 37.1. The van der Waals surface area contributed by atoms with Gasteiger partial charge in [0.1, 0.15) is 0 Å². The second kappa shape index (κ2) is 11.7. The van der Waals surface area contributed by atoms with E-state index < -0.39 is 0 Å². The first-order valence-electron chi connectivity index (χ1n) is 19.6. The Morgan fingerprint density at radius 3 is 1.61 bits per heavy atom. The maximum atomic E-state index is 2.50. The van der Waals surface area contributed by atoms with Crippen LogP contribution in [0.1, 0.15) is 25.0 Å². The molecular weight excluding hydrogens is 693 g/mol. The molecule has 0 atom stereocenters. The van der Waals surface area contributed by atoms with Crippen LogP contribution in [0.2, 0.25) is 0 Å². The minimum atomic E-state index is -0.114. The Labute approximate surface area is 329 Å². The topological polar surface area (TPSA) is 0 Å². The Hall–Kier alpha value is -6.54. The van der Waals surface area contributed by atoms with Gasteiger partial charge in [0.25, 0.3) is 0 Å². The molecule has 0 fully saturated rings. The number of hydrogen-bond donors (Lipinski definition) is 0. The molecular formula is C55H36S. The van der Waals surface area contributed by atoms with Crippen LogP contribution < -0.4 is 0 Å². The van der Waals surface area contributed by atoms with Crippen LogP contribution in [0.4, 0.5) is 0 Å². The molecule has 1 heterocycles. The summed E-state index contributed by atoms with van der Waals surface area (Å²) in [6, 6.07) is 68.2. The van der Waals surface area contributed by atoms with Crippen LogP contribution in [0.15, 0.2) is 182 Å². The van der Waals surface area contributed by atoms with Crippen molar-refractivity contribution in [3.63, 3.8) is 0 Å². The van der Waals surface area contributed by atoms with Crippen molar-refractivity contribution in [3.8, 4) is 44.5 Å². The quantitative estimate of drug-likeness (QED) is 0.159. The van der Waals surface area contributed by atoms with E-state index in [4.69, 9.17) is 0 Å². The van der Waals surface area contributed by atoms with Crippen LogP contribution in [0, 0.1) is 0 Å². The van der Waals surface area contributed by atoms with Crippen LogP contribution >= 0.6 is 11.3 Å². The molecule has 10 aromatic carbocycles. The first-order valence-corrected chi connectivity index (χ1v) is 20.4. The Balaban J connectivity index is 0.973. The third-order valence-corrected chi connectivity index (χ3v) is 13.8. The Morgan fingerprint density at radius 2 is 0.893 bits per heavy atom. The molecule has 262 valence electrons. The van der Waals surface area contributed by atoms with Gasteiger partial charge in [0.15, 0.2) is 0 Å². The lowest BCUT2D eigenvalue weighted by Crippen LogP contribution is -2.15. The molecule has 0 N–H and O–H groups in total. The molecule has 0 nitrogen and oxygen atoms in total. The number of thiophene rings is 1. The van der Waals surface area contributed by atoms with Crippen molar-refractivity contribution in [3.05, 3.63) is 193 Å². The maximum Gasteiger partial charge on any atom is 0.0362 e. The van der Waals surface area contributed by atoms with E-state index in [0.717, 1.165) is 0 Å². The second-order valence-electron chi connectivity index (χ2n) is 16.0. The summed E-state index contributed by atoms with van der Waals surface area (Å²) >= 11 is 1.92. The summed E-state index contributed by atoms with van der Waals surface area (Å²) in [7, 11) is 0. The van der Waals surface area contributed by atoms with Crippen molar-refractivity contribution in [2.75, 3.05) is 0 Å². The van der Waals surface area contributed by atoms with Crippen LogP contribution in [-0.2, 0) is 5.41 Å². The summed E-state index contributed by atoms with van der Waals surface area (Å²) in [5.74, 6) is 0. The van der Waals surface area contributed by atoms with Gasteiger partial charge in [-0.2, -0.15) is 0 Å². The molecule has 1 aliphatic rings. The maximum absolute atomic E-state index is 2.50. The Bertz CT molecular complexity index is 3370. The molecule has 0 spiro atoms. The Morgan fingerprint density at radius 1 is 0.339 bits per heavy atom. The van der Waals surface area contributed by atoms with Crippen LogP contribution in [0.5, 0.6) is 0 Å². The minimum absolute atomic E-state index is 0.114. The van der Waals surface area contributed by atoms with Gasteiger partial charge >= 0.3 is 0 Å². The second-order valence-corrected chi connectivity index (χ2v) is 17.1. The normalized spacial score (nSPS) is 13.3. The van der Waals surface area contributed by atoms with Gasteiger partial charge in [-0.25, -0.2) is 0 Å². The molecule has 0 amide bonds. The summed E-state index contributed by atoms with van der Waals surface area (Å²) in [6.07, 6.45) is 0. The van der Waals surface area contributed by atoms with E-state index in [1.54, 1.807) is 0 Å². The van der Waals surface area contributed by atoms with Crippen molar-refractivity contribution in [1.82, 2.24) is 0 Å². The lowest BCUT2D eigenvalue weighted by Gasteiger charge is -2.22. The number of fused-ring (bicyclic) bond motifs is 11. The fourth-order valence-electron chi connectivity index (χ4n) is 9.96. The van der Waals surface area contributed by atoms with E-state index in [-0.39, 0.29) is 5.41 Å². The van der Waals surface area contributed by atoms with Crippen LogP contribution in [0.25, 0.3) is 108 Å². The number of hydrogen-bond acceptors (Lipinski definition) is 1. The fourth-order valence-corrected chi connectivity index (χ4v) is 11.1. The highest BCUT2D eigenvalue weighted by molar-refractivity contribution is 7.26. The average molecular weight is 729 g/mol. The highest BCUT2D eigenvalue weighted by atomic mass is 32.1. The van der Waals surface area contributed by atoms with Gasteiger partial charge in [0.05, 0.1) is 0 Å². The van der Waals surface area contributed by atoms with E-state index in [2.05, 4.69) is 196 Å². The van der Waals surface area contributed by atoms with Crippen LogP contribution in [0.3, 0.4) is 0 Å². The fraction of sp³-hybridized carbons (Fsp3) is 0.0545. The molecule has 0 bridgehead atoms. The molecule has 1 heteroatoms. The predicted octanol–water partition coefficient (Wildman–Crippen LogP) is 16.0. The predicted molar refractivity (Wildman–Crippen MR) is 243 cm³/mol. The molecule has 1 aromatic heterocycles. The molecule has 0 saturated carbocycles.